The summed E-state index contributed by atoms with van der Waals surface area (Å²) in [6.07, 6.45) is 3.37. The lowest BCUT2D eigenvalue weighted by atomic mass is 10.2. The number of nitrogens with zero attached hydrogens (tertiary/aromatic N) is 5. The normalized spacial score (nSPS) is 16.4. The fourth-order valence-corrected chi connectivity index (χ4v) is 3.00. The van der Waals surface area contributed by atoms with Gasteiger partial charge in [-0.2, -0.15) is 5.26 Å². The third-order valence-electron chi connectivity index (χ3n) is 4.30. The largest absolute Gasteiger partial charge is 0.470 e. The van der Waals surface area contributed by atoms with Gasteiger partial charge in [0.05, 0.1) is 12.1 Å². The van der Waals surface area contributed by atoms with Crippen LogP contribution in [-0.2, 0) is 0 Å². The third kappa shape index (κ3) is 3.05. The van der Waals surface area contributed by atoms with Gasteiger partial charge in [-0.05, 0) is 12.1 Å². The van der Waals surface area contributed by atoms with E-state index in [0.29, 0.717) is 25.2 Å². The molecule has 1 saturated heterocycles. The van der Waals surface area contributed by atoms with Crippen molar-refractivity contribution in [2.45, 2.75) is 12.5 Å². The average Bonchev–Trinajstić information content (AvgIpc) is 3.16. The molecule has 26 heavy (non-hydrogen) atoms. The number of aromatic nitrogens is 3. The number of rotatable bonds is 3. The lowest BCUT2D eigenvalue weighted by Crippen LogP contribution is -2.31. The fraction of sp³-hybridized carbons (Fsp3) is 0.211. The quantitative estimate of drug-likeness (QED) is 0.722. The summed E-state index contributed by atoms with van der Waals surface area (Å²) < 4.78 is 5.77. The van der Waals surface area contributed by atoms with E-state index in [2.05, 4.69) is 15.0 Å². The number of carbonyl (C=O) groups excluding carboxylic acids is 1. The van der Waals surface area contributed by atoms with Gasteiger partial charge in [0.2, 0.25) is 5.69 Å². The minimum absolute atomic E-state index is 0.124. The van der Waals surface area contributed by atoms with Crippen molar-refractivity contribution in [3.63, 3.8) is 0 Å². The molecule has 1 fully saturated rings. The molecule has 4 rings (SSSR count). The summed E-state index contributed by atoms with van der Waals surface area (Å²) >= 11 is 0. The van der Waals surface area contributed by atoms with Crippen LogP contribution in [0.4, 0.5) is 0 Å². The Kier molecular flexibility index (Phi) is 4.15. The van der Waals surface area contributed by atoms with E-state index in [1.165, 1.54) is 12.4 Å². The first-order valence-corrected chi connectivity index (χ1v) is 8.27. The second-order valence-electron chi connectivity index (χ2n) is 5.99. The molecular weight excluding hydrogens is 330 g/mol. The molecule has 1 atom stereocenters. The van der Waals surface area contributed by atoms with Crippen molar-refractivity contribution in [1.29, 1.82) is 5.26 Å². The van der Waals surface area contributed by atoms with Gasteiger partial charge in [0.1, 0.15) is 17.9 Å². The van der Waals surface area contributed by atoms with Crippen LogP contribution in [0.25, 0.3) is 10.9 Å². The predicted molar refractivity (Wildman–Crippen MR) is 93.4 cm³/mol. The number of hydrogen-bond acceptors (Lipinski definition) is 6. The maximum Gasteiger partial charge on any atom is 0.272 e. The lowest BCUT2D eigenvalue weighted by Gasteiger charge is -2.17. The topological polar surface area (TPSA) is 92.0 Å². The molecule has 0 bridgehead atoms. The molecular formula is C19H15N5O2. The van der Waals surface area contributed by atoms with E-state index in [-0.39, 0.29) is 23.6 Å². The van der Waals surface area contributed by atoms with Crippen LogP contribution in [0.3, 0.4) is 0 Å². The van der Waals surface area contributed by atoms with E-state index in [1.807, 2.05) is 36.4 Å². The maximum atomic E-state index is 12.7. The van der Waals surface area contributed by atoms with Crippen molar-refractivity contribution in [3.8, 4) is 11.9 Å². The summed E-state index contributed by atoms with van der Waals surface area (Å²) in [6.45, 7) is 0.995. The first-order valence-electron chi connectivity index (χ1n) is 8.27. The van der Waals surface area contributed by atoms with E-state index >= 15 is 0 Å². The van der Waals surface area contributed by atoms with Gasteiger partial charge in [-0.15, -0.1) is 0 Å². The fourth-order valence-electron chi connectivity index (χ4n) is 3.00. The molecule has 0 saturated carbocycles. The highest BCUT2D eigenvalue weighted by molar-refractivity contribution is 5.95. The van der Waals surface area contributed by atoms with E-state index < -0.39 is 0 Å². The summed E-state index contributed by atoms with van der Waals surface area (Å²) in [5.74, 6) is 0.0830. The summed E-state index contributed by atoms with van der Waals surface area (Å²) in [7, 11) is 0. The first-order chi connectivity index (χ1) is 12.7. The Balaban J connectivity index is 1.47. The number of para-hydroxylation sites is 1. The van der Waals surface area contributed by atoms with Gasteiger partial charge in [-0.1, -0.05) is 24.3 Å². The Bertz CT molecular complexity index is 1010. The van der Waals surface area contributed by atoms with Gasteiger partial charge in [0, 0.05) is 30.7 Å². The molecule has 2 aromatic heterocycles. The van der Waals surface area contributed by atoms with Crippen LogP contribution in [0, 0.1) is 11.3 Å². The second kappa shape index (κ2) is 6.76. The van der Waals surface area contributed by atoms with Crippen LogP contribution in [0.5, 0.6) is 5.88 Å². The summed E-state index contributed by atoms with van der Waals surface area (Å²) in [4.78, 5) is 26.9. The van der Waals surface area contributed by atoms with Gasteiger partial charge in [0.15, 0.2) is 0 Å². The molecule has 1 aliphatic heterocycles. The van der Waals surface area contributed by atoms with E-state index in [1.54, 1.807) is 11.0 Å². The number of benzene rings is 1. The molecule has 3 heterocycles. The van der Waals surface area contributed by atoms with Crippen LogP contribution < -0.4 is 4.74 Å². The van der Waals surface area contributed by atoms with Gasteiger partial charge >= 0.3 is 0 Å². The summed E-state index contributed by atoms with van der Waals surface area (Å²) in [5.41, 5.74) is 1.36. The van der Waals surface area contributed by atoms with Crippen LogP contribution in [0.2, 0.25) is 0 Å². The molecule has 1 aliphatic rings. The zero-order chi connectivity index (χ0) is 17.9. The van der Waals surface area contributed by atoms with E-state index in [0.717, 1.165) is 10.9 Å². The molecule has 0 spiro atoms. The van der Waals surface area contributed by atoms with Crippen molar-refractivity contribution in [3.05, 3.63) is 60.2 Å². The monoisotopic (exact) mass is 345 g/mol. The smallest absolute Gasteiger partial charge is 0.272 e. The number of fused-ring (bicyclic) bond motifs is 1. The predicted octanol–water partition coefficient (Wildman–Crippen LogP) is 2.19. The number of carbonyl (C=O) groups is 1. The molecule has 7 heteroatoms. The minimum atomic E-state index is -0.219. The van der Waals surface area contributed by atoms with Crippen molar-refractivity contribution in [2.24, 2.45) is 0 Å². The van der Waals surface area contributed by atoms with Gasteiger partial charge in [-0.25, -0.2) is 15.0 Å². The zero-order valence-electron chi connectivity index (χ0n) is 13.9. The summed E-state index contributed by atoms with van der Waals surface area (Å²) in [5, 5.41) is 10.1. The van der Waals surface area contributed by atoms with Crippen molar-refractivity contribution >= 4 is 16.8 Å². The molecule has 7 nitrogen and oxygen atoms in total. The lowest BCUT2D eigenvalue weighted by molar-refractivity contribution is 0.0765. The molecule has 1 aromatic carbocycles. The molecule has 0 radical (unpaired) electrons. The maximum absolute atomic E-state index is 12.7. The number of amides is 1. The van der Waals surface area contributed by atoms with Crippen LogP contribution in [0.1, 0.15) is 22.6 Å². The Hall–Kier alpha value is -3.53. The molecule has 128 valence electrons. The average molecular weight is 345 g/mol. The standard InChI is InChI=1S/C19H15N5O2/c20-11-17-18(22-9-8-21-17)26-14-7-10-24(12-14)19(25)16-6-5-13-3-1-2-4-15(13)23-16/h1-6,8-9,14H,7,10,12H2. The molecule has 1 amide bonds. The Morgan fingerprint density at radius 3 is 2.92 bits per heavy atom. The van der Waals surface area contributed by atoms with Crippen molar-refractivity contribution in [1.82, 2.24) is 19.9 Å². The molecule has 3 aromatic rings. The van der Waals surface area contributed by atoms with E-state index in [4.69, 9.17) is 10.00 Å². The first kappa shape index (κ1) is 16.0. The van der Waals surface area contributed by atoms with Crippen molar-refractivity contribution < 1.29 is 9.53 Å². The number of ether oxygens (including phenoxy) is 1. The Labute approximate surface area is 149 Å². The summed E-state index contributed by atoms with van der Waals surface area (Å²) in [6, 6.07) is 13.3. The third-order valence-corrected chi connectivity index (χ3v) is 4.30. The number of nitriles is 1. The highest BCUT2D eigenvalue weighted by atomic mass is 16.5. The van der Waals surface area contributed by atoms with Crippen LogP contribution in [-0.4, -0.2) is 45.0 Å². The molecule has 0 N–H and O–H groups in total. The number of hydrogen-bond donors (Lipinski definition) is 0. The van der Waals surface area contributed by atoms with Gasteiger partial charge in [0.25, 0.3) is 11.8 Å². The van der Waals surface area contributed by atoms with Gasteiger partial charge < -0.3 is 9.64 Å². The number of pyridine rings is 1. The highest BCUT2D eigenvalue weighted by Crippen LogP contribution is 2.20. The Morgan fingerprint density at radius 2 is 2.04 bits per heavy atom. The number of likely N-dealkylation sites (tertiary alicyclic amines) is 1. The second-order valence-corrected chi connectivity index (χ2v) is 5.99. The van der Waals surface area contributed by atoms with E-state index in [9.17, 15) is 4.79 Å². The molecule has 1 unspecified atom stereocenters. The SMILES string of the molecule is N#Cc1nccnc1OC1CCN(C(=O)c2ccc3ccccc3n2)C1. The zero-order valence-corrected chi connectivity index (χ0v) is 13.9. The minimum Gasteiger partial charge on any atom is -0.470 e. The van der Waals surface area contributed by atoms with Crippen molar-refractivity contribution in [2.75, 3.05) is 13.1 Å². The highest BCUT2D eigenvalue weighted by Gasteiger charge is 2.29. The Morgan fingerprint density at radius 1 is 1.19 bits per heavy atom. The van der Waals surface area contributed by atoms with Crippen LogP contribution >= 0.6 is 0 Å². The van der Waals surface area contributed by atoms with Crippen LogP contribution in [0.15, 0.2) is 48.8 Å². The molecule has 0 aliphatic carbocycles. The van der Waals surface area contributed by atoms with Gasteiger partial charge in [-0.3, -0.25) is 4.79 Å².